The molecule has 0 bridgehead atoms. The maximum Gasteiger partial charge on any atom is 0 e. The van der Waals surface area contributed by atoms with Gasteiger partial charge in [-0.05, 0) is 47.0 Å². The van der Waals surface area contributed by atoms with Crippen LogP contribution in [0.25, 0.3) is 0 Å². The smallest absolute Gasteiger partial charge is 0 e. The first kappa shape index (κ1) is 66.0. The van der Waals surface area contributed by atoms with Gasteiger partial charge in [0.05, 0.1) is 6.07 Å². The Morgan fingerprint density at radius 3 is 1.22 bits per heavy atom. The molecule has 0 aromatic heterocycles. The normalized spacial score (nSPS) is 8.27. The van der Waals surface area contributed by atoms with Crippen LogP contribution in [0.15, 0.2) is 85.1 Å². The maximum atomic E-state index is 10.1. The summed E-state index contributed by atoms with van der Waals surface area (Å²) in [5.41, 5.74) is 0. The molecule has 0 rings (SSSR count). The average molecular weight is 651 g/mol. The summed E-state index contributed by atoms with van der Waals surface area (Å²) in [4.78, 5) is 27.7. The Morgan fingerprint density at radius 2 is 0.927 bits per heavy atom. The summed E-state index contributed by atoms with van der Waals surface area (Å²) in [6.07, 6.45) is 31.0. The average Bonchev–Trinajstić information content (AvgIpc) is 2.97. The second kappa shape index (κ2) is 109. The first-order valence-corrected chi connectivity index (χ1v) is 10.8. The second-order valence-electron chi connectivity index (χ2n) is 5.16. The van der Waals surface area contributed by atoms with E-state index in [1.54, 1.807) is 6.08 Å². The van der Waals surface area contributed by atoms with Gasteiger partial charge in [-0.15, -0.1) is 0 Å². The fraction of sp³-hybridized carbons (Fsp3) is 0.267. The molecule has 0 fully saturated rings. The third-order valence-electron chi connectivity index (χ3n) is 2.51. The van der Waals surface area contributed by atoms with E-state index in [9.17, 15) is 4.79 Å². The van der Waals surface area contributed by atoms with Gasteiger partial charge in [-0.3, -0.25) is 0 Å². The molecular weight excluding hydrogens is 614 g/mol. The Morgan fingerprint density at radius 1 is 0.634 bits per heavy atom. The topological polar surface area (TPSA) is 175 Å². The van der Waals surface area contributed by atoms with E-state index in [4.69, 9.17) is 38.6 Å². The van der Waals surface area contributed by atoms with Gasteiger partial charge in [0, 0.05) is 46.6 Å². The zero-order valence-corrected chi connectivity index (χ0v) is 25.7. The molecular formula is C30H37Fe2NO8. The Hall–Kier alpha value is -3.52. The molecule has 0 unspecified atom stereocenters. The number of hydrogen-bond donors (Lipinski definition) is 1. The van der Waals surface area contributed by atoms with Crippen LogP contribution in [0.4, 0.5) is 0 Å². The molecule has 0 aromatic rings. The molecule has 0 radical (unpaired) electrons. The van der Waals surface area contributed by atoms with Gasteiger partial charge in [0.25, 0.3) is 0 Å². The van der Waals surface area contributed by atoms with Crippen molar-refractivity contribution in [1.82, 2.24) is 0 Å². The number of hydrogen-bond acceptors (Lipinski definition) is 4. The van der Waals surface area contributed by atoms with Crippen molar-refractivity contribution >= 4 is 18.5 Å². The number of unbranched alkanes of at least 4 members (excludes halogenated alkanes) is 2. The largest absolute Gasteiger partial charge is 0 e. The molecule has 0 aliphatic rings. The number of carbonyl (C=O) groups is 3. The van der Waals surface area contributed by atoms with Crippen LogP contribution in [-0.4, -0.2) is 23.6 Å². The molecule has 0 heterocycles. The maximum absolute atomic E-state index is 10.1. The summed E-state index contributed by atoms with van der Waals surface area (Å²) in [6, 6.07) is 2.08. The van der Waals surface area contributed by atoms with Crippen LogP contribution in [0.2, 0.25) is 0 Å². The van der Waals surface area contributed by atoms with Gasteiger partial charge < -0.3 is 14.7 Å². The number of carboxylic acid groups (broad SMARTS) is 1. The molecule has 0 amide bonds. The van der Waals surface area contributed by atoms with E-state index >= 15 is 0 Å². The first-order chi connectivity index (χ1) is 19.0. The van der Waals surface area contributed by atoms with Crippen molar-refractivity contribution in [2.24, 2.45) is 0 Å². The van der Waals surface area contributed by atoms with Crippen LogP contribution in [-0.2, 0) is 67.1 Å². The SMILES string of the molecule is C/C=C/C=C/C=C\CC/C=C/C(=O)O.C/C=C/C=C/C=C\CCC#N.CC=O.CC=O.[C-]#[O+].[C-]#[O+].[C-]#[O+].[C-]#[O+].[Fe].[Fe]. The Bertz CT molecular complexity index is 795. The number of carboxylic acids is 1. The van der Waals surface area contributed by atoms with Crippen LogP contribution in [0.3, 0.4) is 0 Å². The molecule has 0 atom stereocenters. The minimum Gasteiger partial charge on any atom is 0 e. The van der Waals surface area contributed by atoms with Crippen molar-refractivity contribution in [3.05, 3.63) is 112 Å². The van der Waals surface area contributed by atoms with E-state index in [1.165, 1.54) is 19.9 Å². The molecule has 226 valence electrons. The van der Waals surface area contributed by atoms with Crippen molar-refractivity contribution in [2.75, 3.05) is 0 Å². The van der Waals surface area contributed by atoms with Gasteiger partial charge >= 0.3 is 51.2 Å². The van der Waals surface area contributed by atoms with E-state index in [2.05, 4.69) is 32.7 Å². The number of allylic oxidation sites excluding steroid dienone is 13. The summed E-state index contributed by atoms with van der Waals surface area (Å²) in [5, 5.41) is 16.5. The predicted octanol–water partition coefficient (Wildman–Crippen LogP) is 6.33. The minimum atomic E-state index is -0.887. The molecule has 9 nitrogen and oxygen atoms in total. The number of nitrogens with zero attached hydrogens (tertiary/aromatic N) is 1. The number of aliphatic carboxylic acids is 1. The Balaban J connectivity index is -0.0000000396. The molecule has 0 spiro atoms. The first-order valence-electron chi connectivity index (χ1n) is 10.8. The summed E-state index contributed by atoms with van der Waals surface area (Å²) in [7, 11) is 0. The third kappa shape index (κ3) is 181. The standard InChI is InChI=1S/C12H16O2.C10H13N.2C2H4O.4CO.2Fe/c1-2-3-4-5-6-7-8-9-10-11-12(13)14;1-2-3-4-5-6-7-8-9-10-11;2*1-2-3;4*1-2;;/h2-7,10-11H,8-9H2,1H3,(H,13,14);2-7H,8-9H2,1H3;2*2H,1H3;;;;;;/b3-2+,5-4+,7-6-,11-10+;3-2+,5-4+,7-6-;;;;;;;;. The summed E-state index contributed by atoms with van der Waals surface area (Å²) < 4.78 is 30.0. The fourth-order valence-corrected chi connectivity index (χ4v) is 1.35. The molecule has 11 heteroatoms. The number of aldehydes is 2. The molecule has 0 aromatic carbocycles. The van der Waals surface area contributed by atoms with Gasteiger partial charge in [-0.1, -0.05) is 79.0 Å². The summed E-state index contributed by atoms with van der Waals surface area (Å²) >= 11 is 0. The molecule has 0 saturated heterocycles. The van der Waals surface area contributed by atoms with Gasteiger partial charge in [0.15, 0.2) is 0 Å². The van der Waals surface area contributed by atoms with Gasteiger partial charge in [0.2, 0.25) is 0 Å². The van der Waals surface area contributed by atoms with Crippen molar-refractivity contribution < 1.29 is 72.2 Å². The van der Waals surface area contributed by atoms with Crippen LogP contribution < -0.4 is 0 Å². The van der Waals surface area contributed by atoms with Crippen LogP contribution >= 0.6 is 0 Å². The zero-order valence-electron chi connectivity index (χ0n) is 23.5. The van der Waals surface area contributed by atoms with E-state index in [0.29, 0.717) is 6.42 Å². The quantitative estimate of drug-likeness (QED) is 0.0552. The number of rotatable bonds is 10. The minimum absolute atomic E-state index is 0. The monoisotopic (exact) mass is 651 g/mol. The molecule has 41 heavy (non-hydrogen) atoms. The molecule has 0 saturated carbocycles. The van der Waals surface area contributed by atoms with E-state index in [1.807, 2.05) is 86.8 Å². The summed E-state index contributed by atoms with van der Waals surface area (Å²) in [5.74, 6) is -0.887. The van der Waals surface area contributed by atoms with E-state index in [0.717, 1.165) is 31.8 Å². The third-order valence-corrected chi connectivity index (χ3v) is 2.51. The van der Waals surface area contributed by atoms with E-state index in [-0.39, 0.29) is 34.1 Å². The van der Waals surface area contributed by atoms with Gasteiger partial charge in [-0.25, -0.2) is 4.79 Å². The van der Waals surface area contributed by atoms with Crippen LogP contribution in [0, 0.1) is 37.9 Å². The number of nitriles is 1. The molecule has 1 N–H and O–H groups in total. The van der Waals surface area contributed by atoms with Crippen molar-refractivity contribution in [3.8, 4) is 6.07 Å². The van der Waals surface area contributed by atoms with Gasteiger partial charge in [0.1, 0.15) is 12.6 Å². The molecule has 0 aliphatic carbocycles. The van der Waals surface area contributed by atoms with Crippen LogP contribution in [0.1, 0.15) is 53.4 Å². The van der Waals surface area contributed by atoms with Crippen molar-refractivity contribution in [2.45, 2.75) is 53.4 Å². The van der Waals surface area contributed by atoms with Crippen LogP contribution in [0.5, 0.6) is 0 Å². The summed E-state index contributed by atoms with van der Waals surface area (Å²) in [6.45, 7) is 24.8. The van der Waals surface area contributed by atoms with E-state index < -0.39 is 5.97 Å². The fourth-order valence-electron chi connectivity index (χ4n) is 1.35. The number of carbonyl (C=O) groups excluding carboxylic acids is 2. The van der Waals surface area contributed by atoms with Crippen molar-refractivity contribution in [3.63, 3.8) is 0 Å². The molecule has 0 aliphatic heterocycles. The Labute approximate surface area is 266 Å². The predicted molar refractivity (Wildman–Crippen MR) is 146 cm³/mol. The zero-order chi connectivity index (χ0) is 32.4. The van der Waals surface area contributed by atoms with Crippen molar-refractivity contribution in [1.29, 1.82) is 5.26 Å². The second-order valence-corrected chi connectivity index (χ2v) is 5.16. The Kier molecular flexibility index (Phi) is 176. The van der Waals surface area contributed by atoms with Gasteiger partial charge in [-0.2, -0.15) is 5.26 Å².